The minimum atomic E-state index is 0.801. The van der Waals surface area contributed by atoms with Crippen molar-refractivity contribution in [3.8, 4) is 11.5 Å². The maximum Gasteiger partial charge on any atom is 0.131 e. The zero-order valence-corrected chi connectivity index (χ0v) is 11.6. The molecule has 2 aromatic carbocycles. The number of ether oxygens (including phenoxy) is 1. The molecule has 0 aliphatic carbocycles. The molecule has 2 rings (SSSR count). The molecular formula is C15H15BrO. The van der Waals surface area contributed by atoms with Gasteiger partial charge < -0.3 is 4.74 Å². The fourth-order valence-corrected chi connectivity index (χ4v) is 2.08. The second-order valence-electron chi connectivity index (χ2n) is 4.16. The van der Waals surface area contributed by atoms with E-state index in [2.05, 4.69) is 54.0 Å². The Balaban J connectivity index is 2.26. The molecule has 0 saturated carbocycles. The highest BCUT2D eigenvalue weighted by Crippen LogP contribution is 2.27. The Kier molecular flexibility index (Phi) is 3.85. The van der Waals surface area contributed by atoms with E-state index in [9.17, 15) is 0 Å². The summed E-state index contributed by atoms with van der Waals surface area (Å²) in [6, 6.07) is 14.3. The van der Waals surface area contributed by atoms with Crippen LogP contribution in [0.15, 0.2) is 42.5 Å². The van der Waals surface area contributed by atoms with Crippen LogP contribution in [0.5, 0.6) is 11.5 Å². The molecule has 0 heterocycles. The van der Waals surface area contributed by atoms with Gasteiger partial charge in [0.25, 0.3) is 0 Å². The third kappa shape index (κ3) is 3.10. The summed E-state index contributed by atoms with van der Waals surface area (Å²) in [7, 11) is 0. The highest BCUT2D eigenvalue weighted by Gasteiger charge is 2.04. The standard InChI is InChI=1S/C15H15BrO/c1-11-3-6-14(7-4-11)17-15-8-5-12(2)9-13(15)10-16/h3-9H,10H2,1-2H3. The van der Waals surface area contributed by atoms with E-state index < -0.39 is 0 Å². The Labute approximate surface area is 111 Å². The minimum absolute atomic E-state index is 0.801. The van der Waals surface area contributed by atoms with E-state index in [0.717, 1.165) is 16.8 Å². The molecule has 88 valence electrons. The summed E-state index contributed by atoms with van der Waals surface area (Å²) in [4.78, 5) is 0. The van der Waals surface area contributed by atoms with Crippen LogP contribution < -0.4 is 4.74 Å². The second-order valence-corrected chi connectivity index (χ2v) is 4.72. The van der Waals surface area contributed by atoms with Crippen LogP contribution in [0.2, 0.25) is 0 Å². The van der Waals surface area contributed by atoms with E-state index in [0.29, 0.717) is 0 Å². The van der Waals surface area contributed by atoms with Crippen LogP contribution in [0.4, 0.5) is 0 Å². The SMILES string of the molecule is Cc1ccc(Oc2ccc(C)cc2CBr)cc1. The van der Waals surface area contributed by atoms with E-state index in [4.69, 9.17) is 4.74 Å². The zero-order valence-electron chi connectivity index (χ0n) is 10.0. The lowest BCUT2D eigenvalue weighted by molar-refractivity contribution is 0.478. The van der Waals surface area contributed by atoms with Crippen molar-refractivity contribution in [2.24, 2.45) is 0 Å². The average Bonchev–Trinajstić information content (AvgIpc) is 2.34. The van der Waals surface area contributed by atoms with Crippen LogP contribution in [0.1, 0.15) is 16.7 Å². The van der Waals surface area contributed by atoms with Gasteiger partial charge in [-0.3, -0.25) is 0 Å². The number of benzene rings is 2. The van der Waals surface area contributed by atoms with Crippen molar-refractivity contribution in [1.82, 2.24) is 0 Å². The first-order chi connectivity index (χ1) is 8.19. The van der Waals surface area contributed by atoms with E-state index in [1.54, 1.807) is 0 Å². The lowest BCUT2D eigenvalue weighted by atomic mass is 10.1. The molecule has 0 atom stereocenters. The van der Waals surface area contributed by atoms with Gasteiger partial charge in [-0.1, -0.05) is 51.3 Å². The molecule has 2 heteroatoms. The molecule has 0 fully saturated rings. The van der Waals surface area contributed by atoms with Crippen molar-refractivity contribution in [2.75, 3.05) is 0 Å². The predicted molar refractivity (Wildman–Crippen MR) is 75.1 cm³/mol. The Bertz CT molecular complexity index is 503. The molecule has 0 N–H and O–H groups in total. The van der Waals surface area contributed by atoms with Gasteiger partial charge in [0, 0.05) is 10.9 Å². The number of rotatable bonds is 3. The van der Waals surface area contributed by atoms with Crippen LogP contribution >= 0.6 is 15.9 Å². The Hall–Kier alpha value is -1.28. The highest BCUT2D eigenvalue weighted by molar-refractivity contribution is 9.08. The molecular weight excluding hydrogens is 276 g/mol. The fraction of sp³-hybridized carbons (Fsp3) is 0.200. The molecule has 0 aromatic heterocycles. The molecule has 0 amide bonds. The molecule has 0 bridgehead atoms. The van der Waals surface area contributed by atoms with Gasteiger partial charge in [0.05, 0.1) is 0 Å². The molecule has 1 nitrogen and oxygen atoms in total. The lowest BCUT2D eigenvalue weighted by Crippen LogP contribution is -1.90. The molecule has 2 aromatic rings. The zero-order chi connectivity index (χ0) is 12.3. The summed E-state index contributed by atoms with van der Waals surface area (Å²) in [6.45, 7) is 4.15. The predicted octanol–water partition coefficient (Wildman–Crippen LogP) is 4.99. The van der Waals surface area contributed by atoms with Crippen LogP contribution in [-0.2, 0) is 5.33 Å². The summed E-state index contributed by atoms with van der Waals surface area (Å²) >= 11 is 3.49. The summed E-state index contributed by atoms with van der Waals surface area (Å²) in [6.07, 6.45) is 0. The molecule has 0 saturated heterocycles. The monoisotopic (exact) mass is 290 g/mol. The van der Waals surface area contributed by atoms with E-state index in [-0.39, 0.29) is 0 Å². The number of halogens is 1. The van der Waals surface area contributed by atoms with Gasteiger partial charge in [-0.05, 0) is 32.0 Å². The van der Waals surface area contributed by atoms with Crippen LogP contribution in [-0.4, -0.2) is 0 Å². The molecule has 0 aliphatic heterocycles. The van der Waals surface area contributed by atoms with E-state index in [1.807, 2.05) is 18.2 Å². The van der Waals surface area contributed by atoms with Crippen LogP contribution in [0.3, 0.4) is 0 Å². The van der Waals surface area contributed by atoms with Gasteiger partial charge in [-0.25, -0.2) is 0 Å². The quantitative estimate of drug-likeness (QED) is 0.724. The Morgan fingerprint density at radius 3 is 2.24 bits per heavy atom. The van der Waals surface area contributed by atoms with Crippen LogP contribution in [0, 0.1) is 13.8 Å². The van der Waals surface area contributed by atoms with Crippen molar-refractivity contribution in [2.45, 2.75) is 19.2 Å². The number of alkyl halides is 1. The van der Waals surface area contributed by atoms with E-state index in [1.165, 1.54) is 16.7 Å². The largest absolute Gasteiger partial charge is 0.457 e. The number of hydrogen-bond acceptors (Lipinski definition) is 1. The average molecular weight is 291 g/mol. The maximum atomic E-state index is 5.88. The van der Waals surface area contributed by atoms with Crippen molar-refractivity contribution < 1.29 is 4.74 Å². The highest BCUT2D eigenvalue weighted by atomic mass is 79.9. The van der Waals surface area contributed by atoms with Crippen LogP contribution in [0.25, 0.3) is 0 Å². The first-order valence-electron chi connectivity index (χ1n) is 5.59. The molecule has 0 unspecified atom stereocenters. The van der Waals surface area contributed by atoms with Crippen molar-refractivity contribution in [1.29, 1.82) is 0 Å². The van der Waals surface area contributed by atoms with Gasteiger partial charge in [0.2, 0.25) is 0 Å². The van der Waals surface area contributed by atoms with Gasteiger partial charge in [-0.15, -0.1) is 0 Å². The first kappa shape index (κ1) is 12.2. The van der Waals surface area contributed by atoms with Crippen molar-refractivity contribution in [3.63, 3.8) is 0 Å². The minimum Gasteiger partial charge on any atom is -0.457 e. The van der Waals surface area contributed by atoms with Gasteiger partial charge in [-0.2, -0.15) is 0 Å². The molecule has 0 aliphatic rings. The molecule has 0 radical (unpaired) electrons. The number of aryl methyl sites for hydroxylation is 2. The normalized spacial score (nSPS) is 10.3. The third-order valence-electron chi connectivity index (χ3n) is 2.61. The summed E-state index contributed by atoms with van der Waals surface area (Å²) < 4.78 is 5.88. The molecule has 0 spiro atoms. The summed E-state index contributed by atoms with van der Waals surface area (Å²) in [5.41, 5.74) is 3.66. The Morgan fingerprint density at radius 2 is 1.59 bits per heavy atom. The van der Waals surface area contributed by atoms with Crippen molar-refractivity contribution in [3.05, 3.63) is 59.2 Å². The van der Waals surface area contributed by atoms with Gasteiger partial charge in [0.1, 0.15) is 11.5 Å². The topological polar surface area (TPSA) is 9.23 Å². The van der Waals surface area contributed by atoms with E-state index >= 15 is 0 Å². The second kappa shape index (κ2) is 5.37. The van der Waals surface area contributed by atoms with Crippen molar-refractivity contribution >= 4 is 15.9 Å². The molecule has 17 heavy (non-hydrogen) atoms. The Morgan fingerprint density at radius 1 is 0.941 bits per heavy atom. The maximum absolute atomic E-state index is 5.88. The first-order valence-corrected chi connectivity index (χ1v) is 6.71. The number of hydrogen-bond donors (Lipinski definition) is 0. The summed E-state index contributed by atoms with van der Waals surface area (Å²) in [5, 5.41) is 0.801. The summed E-state index contributed by atoms with van der Waals surface area (Å²) in [5.74, 6) is 1.79. The van der Waals surface area contributed by atoms with Gasteiger partial charge in [0.15, 0.2) is 0 Å². The lowest BCUT2D eigenvalue weighted by Gasteiger charge is -2.10. The third-order valence-corrected chi connectivity index (χ3v) is 3.21. The van der Waals surface area contributed by atoms with Gasteiger partial charge >= 0.3 is 0 Å². The smallest absolute Gasteiger partial charge is 0.131 e. The fourth-order valence-electron chi connectivity index (χ4n) is 1.65.